The molecule has 2 aromatic carbocycles. The Labute approximate surface area is 136 Å². The van der Waals surface area contributed by atoms with Crippen LogP contribution in [0.5, 0.6) is 11.5 Å². The minimum atomic E-state index is 0.562. The second-order valence-electron chi connectivity index (χ2n) is 5.38. The fourth-order valence-electron chi connectivity index (χ4n) is 1.90. The fourth-order valence-corrected chi connectivity index (χ4v) is 2.41. The Kier molecular flexibility index (Phi) is 5.92. The molecule has 0 aromatic heterocycles. The molecule has 21 heavy (non-hydrogen) atoms. The molecule has 2 aromatic rings. The van der Waals surface area contributed by atoms with Gasteiger partial charge in [0.05, 0.1) is 0 Å². The molecule has 0 spiro atoms. The molecule has 2 rings (SSSR count). The second-order valence-corrected chi connectivity index (χ2v) is 6.25. The molecule has 0 fully saturated rings. The van der Waals surface area contributed by atoms with Crippen molar-refractivity contribution >= 4 is 23.2 Å². The quantitative estimate of drug-likeness (QED) is 0.754. The van der Waals surface area contributed by atoms with Crippen molar-refractivity contribution in [2.45, 2.75) is 20.4 Å². The number of nitrogens with one attached hydrogen (secondary N) is 1. The van der Waals surface area contributed by atoms with Gasteiger partial charge in [-0.25, -0.2) is 0 Å². The highest BCUT2D eigenvalue weighted by atomic mass is 35.5. The van der Waals surface area contributed by atoms with Crippen LogP contribution in [0.2, 0.25) is 10.0 Å². The van der Waals surface area contributed by atoms with E-state index >= 15 is 0 Å². The smallest absolute Gasteiger partial charge is 0.130 e. The number of benzene rings is 2. The standard InChI is InChI=1S/C17H19Cl2NO/c1-12(2)10-20-11-13-3-5-16(6-4-13)21-17-8-14(18)7-15(19)9-17/h3-9,12,20H,10-11H2,1-2H3. The van der Waals surface area contributed by atoms with Gasteiger partial charge in [-0.2, -0.15) is 0 Å². The van der Waals surface area contributed by atoms with E-state index in [1.54, 1.807) is 18.2 Å². The van der Waals surface area contributed by atoms with Crippen molar-refractivity contribution in [1.29, 1.82) is 0 Å². The normalized spacial score (nSPS) is 10.9. The van der Waals surface area contributed by atoms with Gasteiger partial charge in [0.15, 0.2) is 0 Å². The zero-order chi connectivity index (χ0) is 15.2. The van der Waals surface area contributed by atoms with Crippen LogP contribution in [0.1, 0.15) is 19.4 Å². The summed E-state index contributed by atoms with van der Waals surface area (Å²) in [6, 6.07) is 13.2. The maximum atomic E-state index is 5.95. The minimum Gasteiger partial charge on any atom is -0.457 e. The van der Waals surface area contributed by atoms with Crippen LogP contribution in [0.4, 0.5) is 0 Å². The average molecular weight is 324 g/mol. The molecule has 0 bridgehead atoms. The van der Waals surface area contributed by atoms with Gasteiger partial charge in [0.1, 0.15) is 11.5 Å². The van der Waals surface area contributed by atoms with Crippen LogP contribution in [0, 0.1) is 5.92 Å². The third-order valence-electron chi connectivity index (χ3n) is 2.88. The molecule has 0 aliphatic carbocycles. The average Bonchev–Trinajstić information content (AvgIpc) is 2.39. The van der Waals surface area contributed by atoms with Crippen LogP contribution in [-0.4, -0.2) is 6.54 Å². The van der Waals surface area contributed by atoms with E-state index < -0.39 is 0 Å². The predicted octanol–water partition coefficient (Wildman–Crippen LogP) is 5.53. The number of rotatable bonds is 6. The summed E-state index contributed by atoms with van der Waals surface area (Å²) in [6.45, 7) is 6.26. The first-order chi connectivity index (χ1) is 10.0. The largest absolute Gasteiger partial charge is 0.457 e. The highest BCUT2D eigenvalue weighted by molar-refractivity contribution is 6.34. The monoisotopic (exact) mass is 323 g/mol. The van der Waals surface area contributed by atoms with Gasteiger partial charge in [0.2, 0.25) is 0 Å². The maximum absolute atomic E-state index is 5.95. The summed E-state index contributed by atoms with van der Waals surface area (Å²) >= 11 is 11.9. The van der Waals surface area contributed by atoms with Crippen molar-refractivity contribution in [3.05, 3.63) is 58.1 Å². The highest BCUT2D eigenvalue weighted by Crippen LogP contribution is 2.28. The van der Waals surface area contributed by atoms with Gasteiger partial charge in [-0.3, -0.25) is 0 Å². The van der Waals surface area contributed by atoms with E-state index in [-0.39, 0.29) is 0 Å². The van der Waals surface area contributed by atoms with Crippen LogP contribution in [0.25, 0.3) is 0 Å². The zero-order valence-electron chi connectivity index (χ0n) is 12.2. The summed E-state index contributed by atoms with van der Waals surface area (Å²) in [6.07, 6.45) is 0. The maximum Gasteiger partial charge on any atom is 0.130 e. The van der Waals surface area contributed by atoms with Gasteiger partial charge in [-0.05, 0) is 48.4 Å². The Hall–Kier alpha value is -1.22. The van der Waals surface area contributed by atoms with Gasteiger partial charge < -0.3 is 10.1 Å². The molecule has 0 saturated heterocycles. The number of hydrogen-bond donors (Lipinski definition) is 1. The Morgan fingerprint density at radius 1 is 0.952 bits per heavy atom. The molecule has 0 unspecified atom stereocenters. The molecule has 0 atom stereocenters. The SMILES string of the molecule is CC(C)CNCc1ccc(Oc2cc(Cl)cc(Cl)c2)cc1. The summed E-state index contributed by atoms with van der Waals surface area (Å²) in [5, 5.41) is 4.53. The Morgan fingerprint density at radius 3 is 2.14 bits per heavy atom. The molecule has 0 saturated carbocycles. The Balaban J connectivity index is 1.95. The van der Waals surface area contributed by atoms with E-state index in [0.29, 0.717) is 21.7 Å². The zero-order valence-corrected chi connectivity index (χ0v) is 13.7. The van der Waals surface area contributed by atoms with E-state index in [1.165, 1.54) is 5.56 Å². The lowest BCUT2D eigenvalue weighted by Gasteiger charge is -2.09. The molecular weight excluding hydrogens is 305 g/mol. The van der Waals surface area contributed by atoms with E-state index in [9.17, 15) is 0 Å². The van der Waals surface area contributed by atoms with Crippen LogP contribution in [0.3, 0.4) is 0 Å². The molecule has 0 aliphatic rings. The molecule has 0 radical (unpaired) electrons. The van der Waals surface area contributed by atoms with Crippen LogP contribution in [0.15, 0.2) is 42.5 Å². The van der Waals surface area contributed by atoms with Crippen molar-refractivity contribution in [2.75, 3.05) is 6.54 Å². The van der Waals surface area contributed by atoms with E-state index in [0.717, 1.165) is 18.8 Å². The lowest BCUT2D eigenvalue weighted by Crippen LogP contribution is -2.18. The van der Waals surface area contributed by atoms with Crippen molar-refractivity contribution in [1.82, 2.24) is 5.32 Å². The van der Waals surface area contributed by atoms with Crippen molar-refractivity contribution < 1.29 is 4.74 Å². The third-order valence-corrected chi connectivity index (χ3v) is 3.31. The Bertz CT molecular complexity index is 562. The van der Waals surface area contributed by atoms with E-state index in [4.69, 9.17) is 27.9 Å². The lowest BCUT2D eigenvalue weighted by atomic mass is 10.2. The Morgan fingerprint density at radius 2 is 1.57 bits per heavy atom. The first-order valence-electron chi connectivity index (χ1n) is 6.96. The van der Waals surface area contributed by atoms with Gasteiger partial charge in [0, 0.05) is 16.6 Å². The number of halogens is 2. The summed E-state index contributed by atoms with van der Waals surface area (Å²) in [7, 11) is 0. The van der Waals surface area contributed by atoms with Crippen molar-refractivity contribution in [3.63, 3.8) is 0 Å². The summed E-state index contributed by atoms with van der Waals surface area (Å²) < 4.78 is 5.75. The van der Waals surface area contributed by atoms with Crippen molar-refractivity contribution in [2.24, 2.45) is 5.92 Å². The molecule has 0 aliphatic heterocycles. The first-order valence-corrected chi connectivity index (χ1v) is 7.72. The van der Waals surface area contributed by atoms with Crippen molar-refractivity contribution in [3.8, 4) is 11.5 Å². The molecule has 2 nitrogen and oxygen atoms in total. The number of hydrogen-bond acceptors (Lipinski definition) is 2. The lowest BCUT2D eigenvalue weighted by molar-refractivity contribution is 0.482. The van der Waals surface area contributed by atoms with E-state index in [2.05, 4.69) is 31.3 Å². The van der Waals surface area contributed by atoms with Crippen LogP contribution in [-0.2, 0) is 6.54 Å². The summed E-state index contributed by atoms with van der Waals surface area (Å²) in [5.41, 5.74) is 1.23. The van der Waals surface area contributed by atoms with Crippen LogP contribution >= 0.6 is 23.2 Å². The molecular formula is C17H19Cl2NO. The number of ether oxygens (including phenoxy) is 1. The highest BCUT2D eigenvalue weighted by Gasteiger charge is 2.02. The second kappa shape index (κ2) is 7.69. The van der Waals surface area contributed by atoms with E-state index in [1.807, 2.05) is 12.1 Å². The predicted molar refractivity (Wildman–Crippen MR) is 89.5 cm³/mol. The van der Waals surface area contributed by atoms with Gasteiger partial charge in [0.25, 0.3) is 0 Å². The van der Waals surface area contributed by atoms with Crippen LogP contribution < -0.4 is 10.1 Å². The molecule has 112 valence electrons. The van der Waals surface area contributed by atoms with Gasteiger partial charge >= 0.3 is 0 Å². The first kappa shape index (κ1) is 16.2. The molecule has 1 N–H and O–H groups in total. The van der Waals surface area contributed by atoms with Gasteiger partial charge in [-0.1, -0.05) is 49.2 Å². The summed E-state index contributed by atoms with van der Waals surface area (Å²) in [4.78, 5) is 0. The minimum absolute atomic E-state index is 0.562. The molecule has 0 amide bonds. The molecule has 4 heteroatoms. The topological polar surface area (TPSA) is 21.3 Å². The third kappa shape index (κ3) is 5.58. The fraction of sp³-hybridized carbons (Fsp3) is 0.294. The van der Waals surface area contributed by atoms with Gasteiger partial charge in [-0.15, -0.1) is 0 Å². The molecule has 0 heterocycles. The summed E-state index contributed by atoms with van der Waals surface area (Å²) in [5.74, 6) is 2.05.